The lowest BCUT2D eigenvalue weighted by atomic mass is 10.0. The zero-order valence-electron chi connectivity index (χ0n) is 13.6. The lowest BCUT2D eigenvalue weighted by Crippen LogP contribution is -2.12. The fourth-order valence-corrected chi connectivity index (χ4v) is 2.94. The Bertz CT molecular complexity index is 810. The molecule has 4 nitrogen and oxygen atoms in total. The highest BCUT2D eigenvalue weighted by atomic mass is 32.1. The molecule has 0 spiro atoms. The zero-order valence-corrected chi connectivity index (χ0v) is 14.4. The molecule has 0 saturated heterocycles. The van der Waals surface area contributed by atoms with E-state index in [0.29, 0.717) is 16.7 Å². The summed E-state index contributed by atoms with van der Waals surface area (Å²) in [5.74, 6) is 0.268. The minimum absolute atomic E-state index is 0.204. The summed E-state index contributed by atoms with van der Waals surface area (Å²) in [5.41, 5.74) is 3.38. The standard InChI is InChI=1S/C19H19N3OS/c1-13(2)14-8-10-16(11-9-14)20-18(23)17-12-24-19(22-17)21-15-6-4-3-5-7-15/h3-13H,1-2H3,(H,20,23)(H,21,22). The molecule has 24 heavy (non-hydrogen) atoms. The van der Waals surface area contributed by atoms with Gasteiger partial charge in [0.1, 0.15) is 5.69 Å². The summed E-state index contributed by atoms with van der Waals surface area (Å²) in [4.78, 5) is 16.6. The second kappa shape index (κ2) is 7.27. The van der Waals surface area contributed by atoms with E-state index in [-0.39, 0.29) is 5.91 Å². The third-order valence-corrected chi connectivity index (χ3v) is 4.35. The molecule has 0 bridgehead atoms. The zero-order chi connectivity index (χ0) is 16.9. The number of para-hydroxylation sites is 1. The van der Waals surface area contributed by atoms with Crippen LogP contribution in [0.25, 0.3) is 0 Å². The van der Waals surface area contributed by atoms with E-state index < -0.39 is 0 Å². The summed E-state index contributed by atoms with van der Waals surface area (Å²) in [6, 6.07) is 17.7. The van der Waals surface area contributed by atoms with Crippen molar-refractivity contribution in [1.29, 1.82) is 0 Å². The van der Waals surface area contributed by atoms with E-state index in [2.05, 4.69) is 29.5 Å². The van der Waals surface area contributed by atoms with Crippen LogP contribution in [0.4, 0.5) is 16.5 Å². The number of nitrogens with one attached hydrogen (secondary N) is 2. The van der Waals surface area contributed by atoms with Gasteiger partial charge in [-0.25, -0.2) is 4.98 Å². The Hall–Kier alpha value is -2.66. The smallest absolute Gasteiger partial charge is 0.275 e. The first kappa shape index (κ1) is 16.2. The van der Waals surface area contributed by atoms with E-state index in [9.17, 15) is 4.79 Å². The van der Waals surface area contributed by atoms with Crippen molar-refractivity contribution >= 4 is 33.8 Å². The molecular formula is C19H19N3OS. The minimum atomic E-state index is -0.204. The Kier molecular flexibility index (Phi) is 4.91. The molecule has 2 N–H and O–H groups in total. The highest BCUT2D eigenvalue weighted by molar-refractivity contribution is 7.14. The van der Waals surface area contributed by atoms with Gasteiger partial charge in [-0.15, -0.1) is 11.3 Å². The molecule has 3 rings (SSSR count). The number of carbonyl (C=O) groups is 1. The maximum absolute atomic E-state index is 12.3. The Balaban J connectivity index is 1.65. The number of amides is 1. The SMILES string of the molecule is CC(C)c1ccc(NC(=O)c2csc(Nc3ccccc3)n2)cc1. The monoisotopic (exact) mass is 337 g/mol. The van der Waals surface area contributed by atoms with Crippen LogP contribution in [0, 0.1) is 0 Å². The van der Waals surface area contributed by atoms with Crippen LogP contribution in [0.5, 0.6) is 0 Å². The van der Waals surface area contributed by atoms with Crippen molar-refractivity contribution in [3.63, 3.8) is 0 Å². The average Bonchev–Trinajstić information content (AvgIpc) is 3.05. The van der Waals surface area contributed by atoms with Gasteiger partial charge in [0.15, 0.2) is 5.13 Å². The van der Waals surface area contributed by atoms with Crippen molar-refractivity contribution in [2.45, 2.75) is 19.8 Å². The molecule has 1 heterocycles. The topological polar surface area (TPSA) is 54.0 Å². The summed E-state index contributed by atoms with van der Waals surface area (Å²) < 4.78 is 0. The average molecular weight is 337 g/mol. The number of hydrogen-bond acceptors (Lipinski definition) is 4. The van der Waals surface area contributed by atoms with Gasteiger partial charge in [-0.05, 0) is 35.7 Å². The summed E-state index contributed by atoms with van der Waals surface area (Å²) in [6.07, 6.45) is 0. The molecule has 0 aliphatic carbocycles. The van der Waals surface area contributed by atoms with Crippen molar-refractivity contribution in [3.8, 4) is 0 Å². The van der Waals surface area contributed by atoms with Crippen molar-refractivity contribution in [3.05, 3.63) is 71.2 Å². The number of aromatic nitrogens is 1. The van der Waals surface area contributed by atoms with E-state index in [1.165, 1.54) is 16.9 Å². The van der Waals surface area contributed by atoms with Gasteiger partial charge < -0.3 is 10.6 Å². The Morgan fingerprint density at radius 1 is 1.00 bits per heavy atom. The molecular weight excluding hydrogens is 318 g/mol. The largest absolute Gasteiger partial charge is 0.332 e. The molecule has 1 aromatic heterocycles. The number of thiazole rings is 1. The van der Waals surface area contributed by atoms with Gasteiger partial charge in [-0.2, -0.15) is 0 Å². The molecule has 0 fully saturated rings. The van der Waals surface area contributed by atoms with Gasteiger partial charge in [-0.3, -0.25) is 4.79 Å². The van der Waals surface area contributed by atoms with E-state index in [1.54, 1.807) is 5.38 Å². The van der Waals surface area contributed by atoms with Crippen LogP contribution in [0.1, 0.15) is 35.8 Å². The molecule has 5 heteroatoms. The van der Waals surface area contributed by atoms with Gasteiger partial charge in [0, 0.05) is 16.8 Å². The Morgan fingerprint density at radius 2 is 1.71 bits per heavy atom. The Morgan fingerprint density at radius 3 is 2.38 bits per heavy atom. The third-order valence-electron chi connectivity index (χ3n) is 3.60. The second-order valence-electron chi connectivity index (χ2n) is 5.76. The molecule has 0 radical (unpaired) electrons. The summed E-state index contributed by atoms with van der Waals surface area (Å²) in [6.45, 7) is 4.29. The normalized spacial score (nSPS) is 10.6. The number of rotatable bonds is 5. The van der Waals surface area contributed by atoms with Crippen molar-refractivity contribution in [1.82, 2.24) is 4.98 Å². The molecule has 0 saturated carbocycles. The van der Waals surface area contributed by atoms with Gasteiger partial charge in [0.25, 0.3) is 5.91 Å². The number of hydrogen-bond donors (Lipinski definition) is 2. The first-order valence-electron chi connectivity index (χ1n) is 7.81. The molecule has 0 aliphatic rings. The van der Waals surface area contributed by atoms with Gasteiger partial charge in [0.05, 0.1) is 0 Å². The van der Waals surface area contributed by atoms with E-state index in [4.69, 9.17) is 0 Å². The molecule has 0 aliphatic heterocycles. The fraction of sp³-hybridized carbons (Fsp3) is 0.158. The van der Waals surface area contributed by atoms with Crippen molar-refractivity contribution in [2.75, 3.05) is 10.6 Å². The fourth-order valence-electron chi connectivity index (χ4n) is 2.23. The number of benzene rings is 2. The summed E-state index contributed by atoms with van der Waals surface area (Å²) in [5, 5.41) is 8.52. The van der Waals surface area contributed by atoms with E-state index in [0.717, 1.165) is 11.4 Å². The highest BCUT2D eigenvalue weighted by Crippen LogP contribution is 2.22. The van der Waals surface area contributed by atoms with Crippen molar-refractivity contribution < 1.29 is 4.79 Å². The van der Waals surface area contributed by atoms with Crippen LogP contribution >= 0.6 is 11.3 Å². The summed E-state index contributed by atoms with van der Waals surface area (Å²) >= 11 is 1.41. The molecule has 122 valence electrons. The van der Waals surface area contributed by atoms with E-state index in [1.807, 2.05) is 54.6 Å². The number of anilines is 3. The number of carbonyl (C=O) groups excluding carboxylic acids is 1. The lowest BCUT2D eigenvalue weighted by molar-refractivity contribution is 0.102. The number of nitrogens with zero attached hydrogens (tertiary/aromatic N) is 1. The maximum Gasteiger partial charge on any atom is 0.275 e. The van der Waals surface area contributed by atoms with Crippen LogP contribution in [0.15, 0.2) is 60.0 Å². The molecule has 0 unspecified atom stereocenters. The van der Waals surface area contributed by atoms with Crippen LogP contribution in [0.3, 0.4) is 0 Å². The molecule has 3 aromatic rings. The molecule has 1 amide bonds. The molecule has 0 atom stereocenters. The van der Waals surface area contributed by atoms with Crippen LogP contribution in [0.2, 0.25) is 0 Å². The van der Waals surface area contributed by atoms with Crippen LogP contribution < -0.4 is 10.6 Å². The predicted octanol–water partition coefficient (Wildman–Crippen LogP) is 5.26. The van der Waals surface area contributed by atoms with Crippen LogP contribution in [-0.2, 0) is 0 Å². The van der Waals surface area contributed by atoms with Gasteiger partial charge in [0.2, 0.25) is 0 Å². The van der Waals surface area contributed by atoms with Crippen molar-refractivity contribution in [2.24, 2.45) is 0 Å². The highest BCUT2D eigenvalue weighted by Gasteiger charge is 2.11. The predicted molar refractivity (Wildman–Crippen MR) is 100 cm³/mol. The van der Waals surface area contributed by atoms with Gasteiger partial charge >= 0.3 is 0 Å². The van der Waals surface area contributed by atoms with Gasteiger partial charge in [-0.1, -0.05) is 44.2 Å². The summed E-state index contributed by atoms with van der Waals surface area (Å²) in [7, 11) is 0. The Labute approximate surface area is 145 Å². The second-order valence-corrected chi connectivity index (χ2v) is 6.62. The lowest BCUT2D eigenvalue weighted by Gasteiger charge is -2.07. The van der Waals surface area contributed by atoms with E-state index >= 15 is 0 Å². The first-order valence-corrected chi connectivity index (χ1v) is 8.68. The first-order chi connectivity index (χ1) is 11.6. The molecule has 2 aromatic carbocycles. The maximum atomic E-state index is 12.3. The van der Waals surface area contributed by atoms with Crippen LogP contribution in [-0.4, -0.2) is 10.9 Å². The quantitative estimate of drug-likeness (QED) is 0.667. The minimum Gasteiger partial charge on any atom is -0.332 e. The third kappa shape index (κ3) is 4.00.